The monoisotopic (exact) mass is 299 g/mol. The topological polar surface area (TPSA) is 63.2 Å². The number of nitrogens with one attached hydrogen (secondary N) is 1. The molecule has 1 fully saturated rings. The first-order chi connectivity index (χ1) is 9.44. The molecule has 0 aromatic heterocycles. The van der Waals surface area contributed by atoms with Gasteiger partial charge in [0.2, 0.25) is 5.91 Å². The summed E-state index contributed by atoms with van der Waals surface area (Å²) in [4.78, 5) is 11.7. The molecule has 1 atom stereocenters. The van der Waals surface area contributed by atoms with Gasteiger partial charge in [0, 0.05) is 6.54 Å². The summed E-state index contributed by atoms with van der Waals surface area (Å²) >= 11 is 0. The molecule has 1 aliphatic rings. The Morgan fingerprint density at radius 1 is 1.30 bits per heavy atom. The van der Waals surface area contributed by atoms with Gasteiger partial charge in [-0.2, -0.15) is 0 Å². The number of carbonyl (C=O) groups excluding carboxylic acids is 1. The molecule has 0 spiro atoms. The van der Waals surface area contributed by atoms with Crippen molar-refractivity contribution in [3.63, 3.8) is 0 Å². The van der Waals surface area contributed by atoms with E-state index in [0.29, 0.717) is 19.4 Å². The summed E-state index contributed by atoms with van der Waals surface area (Å²) in [5, 5.41) is 2.77. The Bertz CT molecular complexity index is 569. The van der Waals surface area contributed by atoms with Gasteiger partial charge in [-0.05, 0) is 36.5 Å². The summed E-state index contributed by atoms with van der Waals surface area (Å²) in [6.45, 7) is 0.486. The minimum atomic E-state index is -2.85. The Balaban J connectivity index is 1.69. The van der Waals surface area contributed by atoms with Crippen molar-refractivity contribution in [3.05, 3.63) is 35.6 Å². The molecule has 1 unspecified atom stereocenters. The van der Waals surface area contributed by atoms with Gasteiger partial charge in [0.1, 0.15) is 5.82 Å². The van der Waals surface area contributed by atoms with Crippen molar-refractivity contribution < 1.29 is 17.6 Å². The van der Waals surface area contributed by atoms with Crippen LogP contribution in [0.2, 0.25) is 0 Å². The molecule has 20 heavy (non-hydrogen) atoms. The lowest BCUT2D eigenvalue weighted by Gasteiger charge is -2.09. The van der Waals surface area contributed by atoms with Crippen LogP contribution in [0.4, 0.5) is 4.39 Å². The number of sulfone groups is 1. The molecule has 4 nitrogen and oxygen atoms in total. The van der Waals surface area contributed by atoms with E-state index in [1.165, 1.54) is 12.1 Å². The third-order valence-electron chi connectivity index (χ3n) is 3.48. The molecule has 0 radical (unpaired) electrons. The van der Waals surface area contributed by atoms with Gasteiger partial charge in [-0.3, -0.25) is 4.79 Å². The fraction of sp³-hybridized carbons (Fsp3) is 0.500. The fourth-order valence-electron chi connectivity index (χ4n) is 2.37. The lowest BCUT2D eigenvalue weighted by atomic mass is 10.1. The highest BCUT2D eigenvalue weighted by Crippen LogP contribution is 2.20. The Morgan fingerprint density at radius 2 is 2.00 bits per heavy atom. The largest absolute Gasteiger partial charge is 0.356 e. The molecule has 1 aromatic rings. The zero-order chi connectivity index (χ0) is 14.6. The zero-order valence-corrected chi connectivity index (χ0v) is 12.0. The van der Waals surface area contributed by atoms with Crippen molar-refractivity contribution in [2.75, 3.05) is 18.1 Å². The second-order valence-corrected chi connectivity index (χ2v) is 7.44. The van der Waals surface area contributed by atoms with Gasteiger partial charge < -0.3 is 5.32 Å². The molecule has 1 aromatic carbocycles. The highest BCUT2D eigenvalue weighted by molar-refractivity contribution is 7.91. The number of rotatable bonds is 5. The molecule has 0 bridgehead atoms. The van der Waals surface area contributed by atoms with Gasteiger partial charge in [-0.15, -0.1) is 0 Å². The molecular weight excluding hydrogens is 281 g/mol. The molecule has 1 N–H and O–H groups in total. The number of benzene rings is 1. The Labute approximate surface area is 118 Å². The number of hydrogen-bond acceptors (Lipinski definition) is 3. The van der Waals surface area contributed by atoms with E-state index in [9.17, 15) is 17.6 Å². The quantitative estimate of drug-likeness (QED) is 0.891. The molecule has 1 saturated heterocycles. The van der Waals surface area contributed by atoms with Crippen LogP contribution < -0.4 is 5.32 Å². The van der Waals surface area contributed by atoms with Crippen LogP contribution in [0.5, 0.6) is 0 Å². The normalized spacial score (nSPS) is 20.8. The van der Waals surface area contributed by atoms with E-state index < -0.39 is 9.84 Å². The van der Waals surface area contributed by atoms with Crippen molar-refractivity contribution in [1.29, 1.82) is 0 Å². The zero-order valence-electron chi connectivity index (χ0n) is 11.1. The van der Waals surface area contributed by atoms with Gasteiger partial charge in [0.05, 0.1) is 17.9 Å². The Hall–Kier alpha value is -1.43. The predicted octanol–water partition coefficient (Wildman–Crippen LogP) is 1.31. The minimum Gasteiger partial charge on any atom is -0.356 e. The van der Waals surface area contributed by atoms with Crippen LogP contribution in [0, 0.1) is 11.7 Å². The highest BCUT2D eigenvalue weighted by Gasteiger charge is 2.27. The maximum Gasteiger partial charge on any atom is 0.224 e. The van der Waals surface area contributed by atoms with Gasteiger partial charge in [-0.1, -0.05) is 12.1 Å². The first kappa shape index (κ1) is 15.0. The van der Waals surface area contributed by atoms with E-state index in [1.54, 1.807) is 12.1 Å². The average Bonchev–Trinajstić information content (AvgIpc) is 2.72. The lowest BCUT2D eigenvalue weighted by Crippen LogP contribution is -2.27. The number of halogens is 1. The Kier molecular flexibility index (Phi) is 4.75. The first-order valence-corrected chi connectivity index (χ1v) is 8.48. The van der Waals surface area contributed by atoms with Crippen LogP contribution in [-0.2, 0) is 21.1 Å². The molecule has 1 heterocycles. The van der Waals surface area contributed by atoms with E-state index in [0.717, 1.165) is 5.56 Å². The number of carbonyl (C=O) groups is 1. The third kappa shape index (κ3) is 4.59. The number of amides is 1. The molecular formula is C14H18FNO3S. The van der Waals surface area contributed by atoms with Crippen molar-refractivity contribution in [2.24, 2.45) is 5.92 Å². The molecule has 0 aliphatic carbocycles. The molecule has 0 saturated carbocycles. The summed E-state index contributed by atoms with van der Waals surface area (Å²) in [7, 11) is -2.85. The average molecular weight is 299 g/mol. The smallest absolute Gasteiger partial charge is 0.224 e. The number of hydrogen-bond donors (Lipinski definition) is 1. The van der Waals surface area contributed by atoms with Crippen LogP contribution in [-0.4, -0.2) is 32.4 Å². The van der Waals surface area contributed by atoms with E-state index >= 15 is 0 Å². The Morgan fingerprint density at radius 3 is 2.60 bits per heavy atom. The molecule has 1 aliphatic heterocycles. The predicted molar refractivity (Wildman–Crippen MR) is 74.5 cm³/mol. The second kappa shape index (κ2) is 6.35. The van der Waals surface area contributed by atoms with E-state index in [-0.39, 0.29) is 35.6 Å². The van der Waals surface area contributed by atoms with Crippen molar-refractivity contribution in [3.8, 4) is 0 Å². The van der Waals surface area contributed by atoms with Gasteiger partial charge >= 0.3 is 0 Å². The van der Waals surface area contributed by atoms with E-state index in [2.05, 4.69) is 5.32 Å². The van der Waals surface area contributed by atoms with Crippen LogP contribution in [0.15, 0.2) is 24.3 Å². The standard InChI is InChI=1S/C14H18FNO3S/c15-13-3-1-11(2-4-13)9-14(17)16-7-5-12-6-8-20(18,19)10-12/h1-4,12H,5-10H2,(H,16,17). The maximum absolute atomic E-state index is 12.7. The van der Waals surface area contributed by atoms with E-state index in [4.69, 9.17) is 0 Å². The summed E-state index contributed by atoms with van der Waals surface area (Å²) in [5.41, 5.74) is 0.757. The van der Waals surface area contributed by atoms with Crippen LogP contribution in [0.25, 0.3) is 0 Å². The van der Waals surface area contributed by atoms with Crippen molar-refractivity contribution in [2.45, 2.75) is 19.3 Å². The lowest BCUT2D eigenvalue weighted by molar-refractivity contribution is -0.120. The van der Waals surface area contributed by atoms with Crippen molar-refractivity contribution in [1.82, 2.24) is 5.32 Å². The van der Waals surface area contributed by atoms with Crippen LogP contribution in [0.3, 0.4) is 0 Å². The summed E-state index contributed by atoms with van der Waals surface area (Å²) < 4.78 is 35.3. The van der Waals surface area contributed by atoms with Gasteiger partial charge in [0.15, 0.2) is 9.84 Å². The fourth-order valence-corrected chi connectivity index (χ4v) is 4.28. The molecule has 1 amide bonds. The minimum absolute atomic E-state index is 0.127. The SMILES string of the molecule is O=C(Cc1ccc(F)cc1)NCCC1CCS(=O)(=O)C1. The third-order valence-corrected chi connectivity index (χ3v) is 5.32. The second-order valence-electron chi connectivity index (χ2n) is 5.21. The first-order valence-electron chi connectivity index (χ1n) is 6.66. The molecule has 2 rings (SSSR count). The van der Waals surface area contributed by atoms with Gasteiger partial charge in [-0.25, -0.2) is 12.8 Å². The van der Waals surface area contributed by atoms with Gasteiger partial charge in [0.25, 0.3) is 0 Å². The van der Waals surface area contributed by atoms with Crippen LogP contribution >= 0.6 is 0 Å². The van der Waals surface area contributed by atoms with E-state index in [1.807, 2.05) is 0 Å². The van der Waals surface area contributed by atoms with Crippen LogP contribution in [0.1, 0.15) is 18.4 Å². The maximum atomic E-state index is 12.7. The molecule has 110 valence electrons. The van der Waals surface area contributed by atoms with Crippen molar-refractivity contribution >= 4 is 15.7 Å². The summed E-state index contributed by atoms with van der Waals surface area (Å²) in [6, 6.07) is 5.81. The highest BCUT2D eigenvalue weighted by atomic mass is 32.2. The summed E-state index contributed by atoms with van der Waals surface area (Å²) in [6.07, 6.45) is 1.59. The molecule has 6 heteroatoms. The summed E-state index contributed by atoms with van der Waals surface area (Å²) in [5.74, 6) is 0.211.